The normalized spacial score (nSPS) is 30.5. The van der Waals surface area contributed by atoms with Crippen molar-refractivity contribution < 1.29 is 9.90 Å². The molecule has 1 aliphatic rings. The van der Waals surface area contributed by atoms with Crippen molar-refractivity contribution in [1.29, 1.82) is 0 Å². The highest BCUT2D eigenvalue weighted by molar-refractivity contribution is 5.79. The van der Waals surface area contributed by atoms with E-state index in [1.807, 2.05) is 0 Å². The van der Waals surface area contributed by atoms with E-state index in [9.17, 15) is 4.79 Å². The summed E-state index contributed by atoms with van der Waals surface area (Å²) in [5.41, 5.74) is 0.0898. The van der Waals surface area contributed by atoms with Crippen LogP contribution < -0.4 is 5.32 Å². The molecule has 3 heteroatoms. The van der Waals surface area contributed by atoms with Crippen LogP contribution in [0, 0.1) is 11.3 Å². The monoisotopic (exact) mass is 171 g/mol. The van der Waals surface area contributed by atoms with Gasteiger partial charge in [-0.25, -0.2) is 0 Å². The number of nitrogens with one attached hydrogen (secondary N) is 1. The standard InChI is InChI=1S/C9H17NO2/c1-9(2,3)6-4-8(12)10-7(6)5-11/h6-7,11H,4-5H2,1-3H3,(H,10,12). The number of rotatable bonds is 1. The van der Waals surface area contributed by atoms with E-state index in [-0.39, 0.29) is 29.9 Å². The Hall–Kier alpha value is -0.570. The number of carbonyl (C=O) groups excluding carboxylic acids is 1. The number of hydrogen-bond donors (Lipinski definition) is 2. The molecule has 0 spiro atoms. The van der Waals surface area contributed by atoms with Crippen molar-refractivity contribution in [3.63, 3.8) is 0 Å². The minimum absolute atomic E-state index is 0.0440. The van der Waals surface area contributed by atoms with E-state index in [0.29, 0.717) is 6.42 Å². The van der Waals surface area contributed by atoms with Crippen LogP contribution in [-0.2, 0) is 4.79 Å². The van der Waals surface area contributed by atoms with Crippen molar-refractivity contribution in [3.05, 3.63) is 0 Å². The van der Waals surface area contributed by atoms with Gasteiger partial charge < -0.3 is 10.4 Å². The third-order valence-electron chi connectivity index (χ3n) is 2.55. The Balaban J connectivity index is 2.70. The fraction of sp³-hybridized carbons (Fsp3) is 0.889. The van der Waals surface area contributed by atoms with Crippen LogP contribution >= 0.6 is 0 Å². The number of aliphatic hydroxyl groups excluding tert-OH is 1. The fourth-order valence-electron chi connectivity index (χ4n) is 1.79. The molecule has 2 unspecified atom stereocenters. The first-order chi connectivity index (χ1) is 5.45. The zero-order valence-corrected chi connectivity index (χ0v) is 7.92. The molecule has 1 aliphatic heterocycles. The number of aliphatic hydroxyl groups is 1. The van der Waals surface area contributed by atoms with Crippen LogP contribution in [0.5, 0.6) is 0 Å². The highest BCUT2D eigenvalue weighted by Crippen LogP contribution is 2.34. The fourth-order valence-corrected chi connectivity index (χ4v) is 1.79. The summed E-state index contributed by atoms with van der Waals surface area (Å²) >= 11 is 0. The molecule has 3 nitrogen and oxygen atoms in total. The Morgan fingerprint density at radius 3 is 2.50 bits per heavy atom. The van der Waals surface area contributed by atoms with Crippen LogP contribution in [-0.4, -0.2) is 23.7 Å². The molecule has 1 heterocycles. The molecule has 0 aromatic carbocycles. The van der Waals surface area contributed by atoms with Gasteiger partial charge in [0.15, 0.2) is 0 Å². The molecule has 2 atom stereocenters. The second kappa shape index (κ2) is 3.05. The van der Waals surface area contributed by atoms with Crippen LogP contribution in [0.25, 0.3) is 0 Å². The minimum Gasteiger partial charge on any atom is -0.394 e. The van der Waals surface area contributed by atoms with Gasteiger partial charge in [0.25, 0.3) is 0 Å². The van der Waals surface area contributed by atoms with Crippen molar-refractivity contribution in [2.24, 2.45) is 11.3 Å². The van der Waals surface area contributed by atoms with Crippen LogP contribution in [0.2, 0.25) is 0 Å². The van der Waals surface area contributed by atoms with Gasteiger partial charge in [0.1, 0.15) is 0 Å². The molecule has 0 aromatic rings. The predicted molar refractivity (Wildman–Crippen MR) is 46.6 cm³/mol. The summed E-state index contributed by atoms with van der Waals surface area (Å²) in [6, 6.07) is -0.0440. The SMILES string of the molecule is CC(C)(C)C1CC(=O)NC1CO. The van der Waals surface area contributed by atoms with Gasteiger partial charge in [-0.2, -0.15) is 0 Å². The Kier molecular flexibility index (Phi) is 2.42. The second-order valence-corrected chi connectivity index (χ2v) is 4.53. The van der Waals surface area contributed by atoms with Gasteiger partial charge in [0, 0.05) is 6.42 Å². The first kappa shape index (κ1) is 9.52. The van der Waals surface area contributed by atoms with Crippen LogP contribution in [0.4, 0.5) is 0 Å². The third kappa shape index (κ3) is 1.78. The van der Waals surface area contributed by atoms with Gasteiger partial charge in [-0.05, 0) is 11.3 Å². The predicted octanol–water partition coefficient (Wildman–Crippen LogP) is 0.529. The maximum absolute atomic E-state index is 11.0. The van der Waals surface area contributed by atoms with Gasteiger partial charge >= 0.3 is 0 Å². The molecule has 0 radical (unpaired) electrons. The average molecular weight is 171 g/mol. The van der Waals surface area contributed by atoms with Crippen molar-refractivity contribution in [2.45, 2.75) is 33.2 Å². The van der Waals surface area contributed by atoms with Gasteiger partial charge in [-0.1, -0.05) is 20.8 Å². The topological polar surface area (TPSA) is 49.3 Å². The summed E-state index contributed by atoms with van der Waals surface area (Å²) in [4.78, 5) is 11.0. The quantitative estimate of drug-likeness (QED) is 0.604. The van der Waals surface area contributed by atoms with Gasteiger partial charge in [0.2, 0.25) is 5.91 Å². The molecule has 0 saturated carbocycles. The molecule has 1 fully saturated rings. The van der Waals surface area contributed by atoms with Crippen molar-refractivity contribution in [1.82, 2.24) is 5.32 Å². The summed E-state index contributed by atoms with van der Waals surface area (Å²) in [6.07, 6.45) is 0.550. The Morgan fingerprint density at radius 1 is 1.58 bits per heavy atom. The second-order valence-electron chi connectivity index (χ2n) is 4.53. The van der Waals surface area contributed by atoms with E-state index in [4.69, 9.17) is 5.11 Å². The highest BCUT2D eigenvalue weighted by Gasteiger charge is 2.39. The molecule has 1 rings (SSSR count). The summed E-state index contributed by atoms with van der Waals surface area (Å²) in [5, 5.41) is 11.8. The summed E-state index contributed by atoms with van der Waals surface area (Å²) < 4.78 is 0. The van der Waals surface area contributed by atoms with Crippen LogP contribution in [0.1, 0.15) is 27.2 Å². The molecule has 1 saturated heterocycles. The summed E-state index contributed by atoms with van der Waals surface area (Å²) in [5.74, 6) is 0.323. The maximum atomic E-state index is 11.0. The lowest BCUT2D eigenvalue weighted by atomic mass is 9.76. The molecule has 0 aliphatic carbocycles. The third-order valence-corrected chi connectivity index (χ3v) is 2.55. The van der Waals surface area contributed by atoms with Gasteiger partial charge in [-0.3, -0.25) is 4.79 Å². The van der Waals surface area contributed by atoms with E-state index in [0.717, 1.165) is 0 Å². The molecule has 2 N–H and O–H groups in total. The Bertz CT molecular complexity index is 183. The summed E-state index contributed by atoms with van der Waals surface area (Å²) in [7, 11) is 0. The van der Waals surface area contributed by atoms with E-state index < -0.39 is 0 Å². The lowest BCUT2D eigenvalue weighted by Gasteiger charge is -2.29. The Labute approximate surface area is 73.2 Å². The molecular weight excluding hydrogens is 154 g/mol. The van der Waals surface area contributed by atoms with E-state index in [1.165, 1.54) is 0 Å². The Morgan fingerprint density at radius 2 is 2.17 bits per heavy atom. The average Bonchev–Trinajstić information content (AvgIpc) is 2.29. The van der Waals surface area contributed by atoms with E-state index in [2.05, 4.69) is 26.1 Å². The largest absolute Gasteiger partial charge is 0.394 e. The first-order valence-corrected chi connectivity index (χ1v) is 4.35. The molecular formula is C9H17NO2. The van der Waals surface area contributed by atoms with Crippen LogP contribution in [0.15, 0.2) is 0 Å². The van der Waals surface area contributed by atoms with Crippen LogP contribution in [0.3, 0.4) is 0 Å². The lowest BCUT2D eigenvalue weighted by molar-refractivity contribution is -0.119. The van der Waals surface area contributed by atoms with Crippen molar-refractivity contribution in [3.8, 4) is 0 Å². The first-order valence-electron chi connectivity index (χ1n) is 4.35. The molecule has 0 bridgehead atoms. The number of carbonyl (C=O) groups is 1. The smallest absolute Gasteiger partial charge is 0.220 e. The molecule has 12 heavy (non-hydrogen) atoms. The number of hydrogen-bond acceptors (Lipinski definition) is 2. The zero-order chi connectivity index (χ0) is 9.35. The van der Waals surface area contributed by atoms with Crippen molar-refractivity contribution >= 4 is 5.91 Å². The van der Waals surface area contributed by atoms with E-state index >= 15 is 0 Å². The summed E-state index contributed by atoms with van der Waals surface area (Å²) in [6.45, 7) is 6.34. The highest BCUT2D eigenvalue weighted by atomic mass is 16.3. The van der Waals surface area contributed by atoms with Gasteiger partial charge in [-0.15, -0.1) is 0 Å². The van der Waals surface area contributed by atoms with Gasteiger partial charge in [0.05, 0.1) is 12.6 Å². The molecule has 1 amide bonds. The van der Waals surface area contributed by atoms with E-state index in [1.54, 1.807) is 0 Å². The minimum atomic E-state index is -0.0440. The molecule has 70 valence electrons. The lowest BCUT2D eigenvalue weighted by Crippen LogP contribution is -2.37. The number of amides is 1. The zero-order valence-electron chi connectivity index (χ0n) is 7.92. The van der Waals surface area contributed by atoms with Crippen molar-refractivity contribution in [2.75, 3.05) is 6.61 Å². The molecule has 0 aromatic heterocycles. The maximum Gasteiger partial charge on any atom is 0.220 e.